The van der Waals surface area contributed by atoms with Gasteiger partial charge in [0.1, 0.15) is 0 Å². The fraction of sp³-hybridized carbons (Fsp3) is 0.667. The van der Waals surface area contributed by atoms with Crippen LogP contribution in [0.4, 0.5) is 0 Å². The van der Waals surface area contributed by atoms with Crippen molar-refractivity contribution >= 4 is 5.96 Å². The fourth-order valence-corrected chi connectivity index (χ4v) is 1.34. The first-order chi connectivity index (χ1) is 6.18. The third-order valence-corrected chi connectivity index (χ3v) is 2.23. The van der Waals surface area contributed by atoms with E-state index in [0.717, 1.165) is 19.6 Å². The largest absolute Gasteiger partial charge is 0.370 e. The predicted octanol–water partition coefficient (Wildman–Crippen LogP) is -0.0882. The van der Waals surface area contributed by atoms with Gasteiger partial charge < -0.3 is 11.5 Å². The lowest BCUT2D eigenvalue weighted by atomic mass is 10.1. The summed E-state index contributed by atoms with van der Waals surface area (Å²) in [4.78, 5) is 6.29. The predicted molar refractivity (Wildman–Crippen MR) is 55.5 cm³/mol. The van der Waals surface area contributed by atoms with Crippen molar-refractivity contribution in [2.24, 2.45) is 16.5 Å². The molecule has 1 rings (SSSR count). The van der Waals surface area contributed by atoms with Gasteiger partial charge in [0.05, 0.1) is 6.54 Å². The number of nitrogens with zero attached hydrogens (tertiary/aromatic N) is 2. The third-order valence-electron chi connectivity index (χ3n) is 2.23. The number of aliphatic imine (C=N–C) groups is 1. The van der Waals surface area contributed by atoms with E-state index in [-0.39, 0.29) is 5.96 Å². The van der Waals surface area contributed by atoms with Crippen molar-refractivity contribution in [2.45, 2.75) is 13.3 Å². The Labute approximate surface area is 79.3 Å². The zero-order valence-electron chi connectivity index (χ0n) is 8.16. The van der Waals surface area contributed by atoms with E-state index in [1.807, 2.05) is 0 Å². The molecule has 13 heavy (non-hydrogen) atoms. The monoisotopic (exact) mass is 182 g/mol. The summed E-state index contributed by atoms with van der Waals surface area (Å²) in [6.07, 6.45) is 3.43. The van der Waals surface area contributed by atoms with Crippen molar-refractivity contribution in [1.29, 1.82) is 0 Å². The second kappa shape index (κ2) is 4.87. The van der Waals surface area contributed by atoms with E-state index >= 15 is 0 Å². The van der Waals surface area contributed by atoms with Crippen LogP contribution in [0.3, 0.4) is 0 Å². The Kier molecular flexibility index (Phi) is 3.76. The fourth-order valence-electron chi connectivity index (χ4n) is 1.34. The molecule has 0 atom stereocenters. The van der Waals surface area contributed by atoms with Gasteiger partial charge in [-0.3, -0.25) is 9.89 Å². The topological polar surface area (TPSA) is 67.6 Å². The van der Waals surface area contributed by atoms with Gasteiger partial charge in [-0.1, -0.05) is 11.6 Å². The van der Waals surface area contributed by atoms with Crippen LogP contribution in [-0.2, 0) is 0 Å². The third kappa shape index (κ3) is 3.94. The number of nitrogens with two attached hydrogens (primary N) is 2. The Bertz CT molecular complexity index is 216. The summed E-state index contributed by atoms with van der Waals surface area (Å²) in [7, 11) is 0. The van der Waals surface area contributed by atoms with Gasteiger partial charge in [-0.25, -0.2) is 0 Å². The van der Waals surface area contributed by atoms with E-state index in [0.29, 0.717) is 6.54 Å². The minimum atomic E-state index is 0.184. The second-order valence-electron chi connectivity index (χ2n) is 3.41. The van der Waals surface area contributed by atoms with Crippen molar-refractivity contribution in [3.8, 4) is 0 Å². The summed E-state index contributed by atoms with van der Waals surface area (Å²) in [6.45, 7) is 5.98. The van der Waals surface area contributed by atoms with Crippen molar-refractivity contribution in [3.63, 3.8) is 0 Å². The Morgan fingerprint density at radius 2 is 2.38 bits per heavy atom. The molecule has 0 radical (unpaired) electrons. The van der Waals surface area contributed by atoms with Gasteiger partial charge in [0, 0.05) is 19.6 Å². The van der Waals surface area contributed by atoms with E-state index in [1.54, 1.807) is 0 Å². The van der Waals surface area contributed by atoms with Crippen LogP contribution in [0.25, 0.3) is 0 Å². The van der Waals surface area contributed by atoms with Gasteiger partial charge in [0.25, 0.3) is 0 Å². The number of hydrogen-bond acceptors (Lipinski definition) is 2. The van der Waals surface area contributed by atoms with Gasteiger partial charge in [0.15, 0.2) is 5.96 Å². The van der Waals surface area contributed by atoms with E-state index in [1.165, 1.54) is 12.0 Å². The van der Waals surface area contributed by atoms with Crippen LogP contribution in [0.5, 0.6) is 0 Å². The van der Waals surface area contributed by atoms with Gasteiger partial charge in [-0.2, -0.15) is 0 Å². The first kappa shape index (κ1) is 10.1. The van der Waals surface area contributed by atoms with Crippen LogP contribution in [0.15, 0.2) is 16.6 Å². The molecule has 0 aliphatic carbocycles. The van der Waals surface area contributed by atoms with Crippen molar-refractivity contribution in [2.75, 3.05) is 26.2 Å². The molecular weight excluding hydrogens is 164 g/mol. The highest BCUT2D eigenvalue weighted by atomic mass is 15.1. The summed E-state index contributed by atoms with van der Waals surface area (Å²) in [5.74, 6) is 0.184. The summed E-state index contributed by atoms with van der Waals surface area (Å²) >= 11 is 0. The Balaban J connectivity index is 2.21. The molecule has 0 saturated heterocycles. The van der Waals surface area contributed by atoms with Crippen LogP contribution in [0.1, 0.15) is 13.3 Å². The molecule has 0 aromatic carbocycles. The molecule has 4 nitrogen and oxygen atoms in total. The quantitative estimate of drug-likeness (QED) is 0.364. The average Bonchev–Trinajstić information content (AvgIpc) is 2.08. The maximum Gasteiger partial charge on any atom is 0.185 e. The van der Waals surface area contributed by atoms with Crippen LogP contribution in [0.2, 0.25) is 0 Å². The zero-order valence-corrected chi connectivity index (χ0v) is 8.16. The molecule has 0 amide bonds. The molecule has 0 bridgehead atoms. The lowest BCUT2D eigenvalue weighted by Crippen LogP contribution is -2.32. The smallest absolute Gasteiger partial charge is 0.185 e. The Morgan fingerprint density at radius 3 is 2.92 bits per heavy atom. The molecule has 74 valence electrons. The lowest BCUT2D eigenvalue weighted by molar-refractivity contribution is 0.302. The van der Waals surface area contributed by atoms with Gasteiger partial charge in [-0.15, -0.1) is 0 Å². The molecule has 0 unspecified atom stereocenters. The first-order valence-electron chi connectivity index (χ1n) is 4.62. The van der Waals surface area contributed by atoms with Crippen LogP contribution >= 0.6 is 0 Å². The van der Waals surface area contributed by atoms with E-state index in [9.17, 15) is 0 Å². The van der Waals surface area contributed by atoms with Crippen molar-refractivity contribution in [1.82, 2.24) is 4.90 Å². The summed E-state index contributed by atoms with van der Waals surface area (Å²) in [6, 6.07) is 0. The molecule has 0 spiro atoms. The molecular formula is C9H18N4. The highest BCUT2D eigenvalue weighted by Crippen LogP contribution is 2.08. The summed E-state index contributed by atoms with van der Waals surface area (Å²) in [5, 5.41) is 0. The number of rotatable bonds is 3. The van der Waals surface area contributed by atoms with Gasteiger partial charge >= 0.3 is 0 Å². The molecule has 1 heterocycles. The van der Waals surface area contributed by atoms with Gasteiger partial charge in [-0.05, 0) is 13.3 Å². The van der Waals surface area contributed by atoms with Gasteiger partial charge in [0.2, 0.25) is 0 Å². The number of hydrogen-bond donors (Lipinski definition) is 2. The molecule has 0 aromatic heterocycles. The highest BCUT2D eigenvalue weighted by Gasteiger charge is 2.07. The molecule has 0 fully saturated rings. The average molecular weight is 182 g/mol. The molecule has 0 saturated carbocycles. The van der Waals surface area contributed by atoms with Crippen molar-refractivity contribution < 1.29 is 0 Å². The SMILES string of the molecule is CC1=CCN(CCN=C(N)N)CC1. The van der Waals surface area contributed by atoms with Crippen LogP contribution in [0, 0.1) is 0 Å². The van der Waals surface area contributed by atoms with E-state index < -0.39 is 0 Å². The zero-order chi connectivity index (χ0) is 9.68. The minimum Gasteiger partial charge on any atom is -0.370 e. The Hall–Kier alpha value is -1.03. The lowest BCUT2D eigenvalue weighted by Gasteiger charge is -2.24. The van der Waals surface area contributed by atoms with E-state index in [2.05, 4.69) is 22.9 Å². The van der Waals surface area contributed by atoms with Crippen LogP contribution in [-0.4, -0.2) is 37.0 Å². The molecule has 1 aliphatic rings. The molecule has 0 aromatic rings. The second-order valence-corrected chi connectivity index (χ2v) is 3.41. The maximum atomic E-state index is 5.23. The standard InChI is InChI=1S/C9H18N4/c1-8-2-5-13(6-3-8)7-4-12-9(10)11/h2H,3-7H2,1H3,(H4,10,11,12). The minimum absolute atomic E-state index is 0.184. The van der Waals surface area contributed by atoms with Crippen molar-refractivity contribution in [3.05, 3.63) is 11.6 Å². The highest BCUT2D eigenvalue weighted by molar-refractivity contribution is 5.75. The van der Waals surface area contributed by atoms with E-state index in [4.69, 9.17) is 11.5 Å². The summed E-state index contributed by atoms with van der Waals surface area (Å²) in [5.41, 5.74) is 11.9. The normalized spacial score (nSPS) is 18.1. The maximum absolute atomic E-state index is 5.23. The number of guanidine groups is 1. The Morgan fingerprint density at radius 1 is 1.62 bits per heavy atom. The first-order valence-corrected chi connectivity index (χ1v) is 4.62. The van der Waals surface area contributed by atoms with Crippen LogP contribution < -0.4 is 11.5 Å². The molecule has 1 aliphatic heterocycles. The summed E-state index contributed by atoms with van der Waals surface area (Å²) < 4.78 is 0. The molecule has 4 heteroatoms. The molecule has 4 N–H and O–H groups in total.